The van der Waals surface area contributed by atoms with Gasteiger partial charge in [-0.15, -0.1) is 0 Å². The van der Waals surface area contributed by atoms with Gasteiger partial charge in [-0.25, -0.2) is 0 Å². The molecule has 2 aromatic rings. The summed E-state index contributed by atoms with van der Waals surface area (Å²) < 4.78 is 1.73. The Balaban J connectivity index is 2.12. The molecule has 4 heteroatoms. The molecule has 0 aliphatic rings. The second kappa shape index (κ2) is 4.70. The number of carbonyl (C=O) groups is 1. The van der Waals surface area contributed by atoms with Crippen molar-refractivity contribution in [3.63, 3.8) is 0 Å². The summed E-state index contributed by atoms with van der Waals surface area (Å²) >= 11 is 0. The van der Waals surface area contributed by atoms with E-state index in [0.717, 1.165) is 5.69 Å². The molecule has 0 N–H and O–H groups in total. The summed E-state index contributed by atoms with van der Waals surface area (Å²) in [5.41, 5.74) is 1.46. The first-order valence-corrected chi connectivity index (χ1v) is 5.26. The molecule has 2 heterocycles. The number of aromatic nitrogens is 3. The highest BCUT2D eigenvalue weighted by Gasteiger charge is 2.06. The molecule has 2 aromatic heterocycles. The first-order valence-electron chi connectivity index (χ1n) is 5.26. The molecule has 0 aromatic carbocycles. The molecule has 0 atom stereocenters. The van der Waals surface area contributed by atoms with E-state index < -0.39 is 0 Å². The number of hydrogen-bond donors (Lipinski definition) is 0. The summed E-state index contributed by atoms with van der Waals surface area (Å²) in [5, 5.41) is 4.20. The predicted molar refractivity (Wildman–Crippen MR) is 60.2 cm³/mol. The van der Waals surface area contributed by atoms with Crippen LogP contribution in [0.1, 0.15) is 29.5 Å². The van der Waals surface area contributed by atoms with Crippen LogP contribution in [0.15, 0.2) is 36.7 Å². The van der Waals surface area contributed by atoms with Gasteiger partial charge in [0.15, 0.2) is 5.78 Å². The minimum absolute atomic E-state index is 0.0692. The Morgan fingerprint density at radius 3 is 2.94 bits per heavy atom. The van der Waals surface area contributed by atoms with Gasteiger partial charge in [-0.3, -0.25) is 14.5 Å². The molecule has 0 saturated carbocycles. The minimum atomic E-state index is 0.0692. The molecule has 0 amide bonds. The lowest BCUT2D eigenvalue weighted by Crippen LogP contribution is -2.04. The summed E-state index contributed by atoms with van der Waals surface area (Å²) in [6, 6.07) is 7.49. The zero-order valence-electron chi connectivity index (χ0n) is 9.13. The second-order valence-corrected chi connectivity index (χ2v) is 3.50. The first kappa shape index (κ1) is 10.5. The van der Waals surface area contributed by atoms with Crippen LogP contribution in [0.3, 0.4) is 0 Å². The highest BCUT2D eigenvalue weighted by Crippen LogP contribution is 2.02. The van der Waals surface area contributed by atoms with E-state index in [-0.39, 0.29) is 5.78 Å². The van der Waals surface area contributed by atoms with E-state index in [9.17, 15) is 4.79 Å². The van der Waals surface area contributed by atoms with E-state index in [1.54, 1.807) is 23.1 Å². The standard InChI is InChI=1S/C12H13N3O/c1-2-12(16)11-6-8-15(14-11)9-10-5-3-4-7-13-10/h3-8H,2,9H2,1H3. The summed E-state index contributed by atoms with van der Waals surface area (Å²) in [6.45, 7) is 2.43. The van der Waals surface area contributed by atoms with Crippen molar-refractivity contribution in [2.75, 3.05) is 0 Å². The van der Waals surface area contributed by atoms with Crippen LogP contribution in [0, 0.1) is 0 Å². The number of hydrogen-bond acceptors (Lipinski definition) is 3. The summed E-state index contributed by atoms with van der Waals surface area (Å²) in [5.74, 6) is 0.0692. The van der Waals surface area contributed by atoms with E-state index in [1.165, 1.54) is 0 Å². The Kier molecular flexibility index (Phi) is 3.10. The van der Waals surface area contributed by atoms with Crippen LogP contribution in [0.5, 0.6) is 0 Å². The fraction of sp³-hybridized carbons (Fsp3) is 0.250. The number of rotatable bonds is 4. The Morgan fingerprint density at radius 1 is 1.38 bits per heavy atom. The van der Waals surface area contributed by atoms with Crippen LogP contribution in [0.2, 0.25) is 0 Å². The average Bonchev–Trinajstić information content (AvgIpc) is 2.78. The quantitative estimate of drug-likeness (QED) is 0.732. The van der Waals surface area contributed by atoms with Crippen molar-refractivity contribution in [2.45, 2.75) is 19.9 Å². The predicted octanol–water partition coefficient (Wildman–Crippen LogP) is 1.92. The molecule has 0 unspecified atom stereocenters. The monoisotopic (exact) mass is 215 g/mol. The highest BCUT2D eigenvalue weighted by atomic mass is 16.1. The minimum Gasteiger partial charge on any atom is -0.292 e. The van der Waals surface area contributed by atoms with E-state index in [2.05, 4.69) is 10.1 Å². The largest absolute Gasteiger partial charge is 0.292 e. The molecule has 0 spiro atoms. The van der Waals surface area contributed by atoms with Crippen LogP contribution in [-0.4, -0.2) is 20.5 Å². The Hall–Kier alpha value is -1.97. The van der Waals surface area contributed by atoms with Crippen molar-refractivity contribution in [3.05, 3.63) is 48.0 Å². The third-order valence-electron chi connectivity index (χ3n) is 2.30. The van der Waals surface area contributed by atoms with E-state index in [0.29, 0.717) is 18.7 Å². The van der Waals surface area contributed by atoms with Gasteiger partial charge in [0.25, 0.3) is 0 Å². The maximum atomic E-state index is 11.4. The van der Waals surface area contributed by atoms with Crippen LogP contribution < -0.4 is 0 Å². The lowest BCUT2D eigenvalue weighted by atomic mass is 10.2. The molecule has 16 heavy (non-hydrogen) atoms. The normalized spacial score (nSPS) is 10.3. The van der Waals surface area contributed by atoms with Gasteiger partial charge in [0.2, 0.25) is 0 Å². The summed E-state index contributed by atoms with van der Waals surface area (Å²) in [4.78, 5) is 15.6. The number of pyridine rings is 1. The SMILES string of the molecule is CCC(=O)c1ccn(Cc2ccccn2)n1. The Bertz CT molecular complexity index is 476. The average molecular weight is 215 g/mol. The van der Waals surface area contributed by atoms with Gasteiger partial charge in [0, 0.05) is 18.8 Å². The third-order valence-corrected chi connectivity index (χ3v) is 2.30. The van der Waals surface area contributed by atoms with Crippen molar-refractivity contribution in [1.29, 1.82) is 0 Å². The van der Waals surface area contributed by atoms with Crippen molar-refractivity contribution in [3.8, 4) is 0 Å². The molecule has 0 aliphatic heterocycles. The number of Topliss-reactive ketones (excluding diaryl/α,β-unsaturated/α-hetero) is 1. The van der Waals surface area contributed by atoms with Crippen LogP contribution in [0.4, 0.5) is 0 Å². The lowest BCUT2D eigenvalue weighted by Gasteiger charge is -1.99. The molecule has 0 saturated heterocycles. The molecule has 2 rings (SSSR count). The van der Waals surface area contributed by atoms with Crippen molar-refractivity contribution >= 4 is 5.78 Å². The third kappa shape index (κ3) is 2.34. The molecular formula is C12H13N3O. The van der Waals surface area contributed by atoms with E-state index in [1.807, 2.05) is 25.1 Å². The topological polar surface area (TPSA) is 47.8 Å². The molecule has 0 bridgehead atoms. The summed E-state index contributed by atoms with van der Waals surface area (Å²) in [6.07, 6.45) is 4.04. The Morgan fingerprint density at radius 2 is 2.25 bits per heavy atom. The van der Waals surface area contributed by atoms with Crippen molar-refractivity contribution in [2.24, 2.45) is 0 Å². The van der Waals surface area contributed by atoms with Crippen molar-refractivity contribution < 1.29 is 4.79 Å². The maximum absolute atomic E-state index is 11.4. The number of ketones is 1. The van der Waals surface area contributed by atoms with Gasteiger partial charge in [0.1, 0.15) is 5.69 Å². The van der Waals surface area contributed by atoms with Crippen LogP contribution in [0.25, 0.3) is 0 Å². The van der Waals surface area contributed by atoms with Gasteiger partial charge < -0.3 is 0 Å². The number of nitrogens with zero attached hydrogens (tertiary/aromatic N) is 3. The summed E-state index contributed by atoms with van der Waals surface area (Å²) in [7, 11) is 0. The first-order chi connectivity index (χ1) is 7.79. The maximum Gasteiger partial charge on any atom is 0.182 e. The van der Waals surface area contributed by atoms with E-state index >= 15 is 0 Å². The van der Waals surface area contributed by atoms with Gasteiger partial charge in [-0.2, -0.15) is 5.10 Å². The van der Waals surface area contributed by atoms with Gasteiger partial charge >= 0.3 is 0 Å². The second-order valence-electron chi connectivity index (χ2n) is 3.50. The Labute approximate surface area is 93.9 Å². The zero-order valence-corrected chi connectivity index (χ0v) is 9.13. The molecule has 0 fully saturated rings. The molecule has 4 nitrogen and oxygen atoms in total. The molecule has 0 radical (unpaired) electrons. The zero-order chi connectivity index (χ0) is 11.4. The lowest BCUT2D eigenvalue weighted by molar-refractivity contribution is 0.0982. The number of carbonyl (C=O) groups excluding carboxylic acids is 1. The van der Waals surface area contributed by atoms with Gasteiger partial charge in [-0.1, -0.05) is 13.0 Å². The van der Waals surface area contributed by atoms with Crippen LogP contribution >= 0.6 is 0 Å². The molecule has 0 aliphatic carbocycles. The fourth-order valence-electron chi connectivity index (χ4n) is 1.44. The van der Waals surface area contributed by atoms with Gasteiger partial charge in [-0.05, 0) is 18.2 Å². The highest BCUT2D eigenvalue weighted by molar-refractivity contribution is 5.93. The molecule has 82 valence electrons. The van der Waals surface area contributed by atoms with Crippen molar-refractivity contribution in [1.82, 2.24) is 14.8 Å². The smallest absolute Gasteiger partial charge is 0.182 e. The van der Waals surface area contributed by atoms with E-state index in [4.69, 9.17) is 0 Å². The van der Waals surface area contributed by atoms with Crippen LogP contribution in [-0.2, 0) is 6.54 Å². The fourth-order valence-corrected chi connectivity index (χ4v) is 1.44. The van der Waals surface area contributed by atoms with Gasteiger partial charge in [0.05, 0.1) is 12.2 Å². The molecular weight excluding hydrogens is 202 g/mol.